The molecule has 0 aliphatic carbocycles. The normalized spacial score (nSPS) is 12.7. The van der Waals surface area contributed by atoms with Gasteiger partial charge >= 0.3 is 5.69 Å². The van der Waals surface area contributed by atoms with Gasteiger partial charge in [0.1, 0.15) is 18.1 Å². The fraction of sp³-hybridized carbons (Fsp3) is 0.367. The summed E-state index contributed by atoms with van der Waals surface area (Å²) in [5.74, 6) is 0.932. The lowest BCUT2D eigenvalue weighted by Gasteiger charge is -2.23. The fourth-order valence-corrected chi connectivity index (χ4v) is 5.06. The Hall–Kier alpha value is -4.51. The number of carbonyl (C=O) groups excluding carboxylic acids is 1. The van der Waals surface area contributed by atoms with Crippen LogP contribution in [0.1, 0.15) is 44.0 Å². The maximum Gasteiger partial charge on any atom is 0.330 e. The van der Waals surface area contributed by atoms with Crippen molar-refractivity contribution in [3.8, 4) is 16.9 Å². The number of nitrogens with zero attached hydrogens (tertiary/aromatic N) is 5. The van der Waals surface area contributed by atoms with E-state index in [0.29, 0.717) is 45.7 Å². The number of hydrogen-bond donors (Lipinski definition) is 1. The highest BCUT2D eigenvalue weighted by molar-refractivity contribution is 6.05. The van der Waals surface area contributed by atoms with Gasteiger partial charge in [-0.05, 0) is 58.9 Å². The maximum absolute atomic E-state index is 14.1. The number of aryl methyl sites for hydroxylation is 2. The number of aromatic nitrogens is 5. The highest BCUT2D eigenvalue weighted by atomic mass is 16.5. The molecule has 1 atom stereocenters. The average molecular weight is 559 g/mol. The topological polar surface area (TPSA) is 126 Å². The first kappa shape index (κ1) is 28.0. The molecule has 0 saturated carbocycles. The van der Waals surface area contributed by atoms with E-state index in [4.69, 9.17) is 19.0 Å². The first-order chi connectivity index (χ1) is 19.6. The summed E-state index contributed by atoms with van der Waals surface area (Å²) in [6.45, 7) is 9.50. The van der Waals surface area contributed by atoms with E-state index in [1.807, 2.05) is 65.0 Å². The Bertz CT molecular complexity index is 1780. The van der Waals surface area contributed by atoms with Crippen molar-refractivity contribution >= 4 is 27.8 Å². The Morgan fingerprint density at radius 1 is 1.17 bits per heavy atom. The molecule has 41 heavy (non-hydrogen) atoms. The SMILES string of the molecule is COc1cc2c(cc1-c1c(C)noc1C)ncc1c2n([C@H](C)c2ccccn2)c(=O)n1CC(=O)NCC(C)(C)OC. The van der Waals surface area contributed by atoms with Gasteiger partial charge < -0.3 is 19.3 Å². The average Bonchev–Trinajstić information content (AvgIpc) is 3.45. The summed E-state index contributed by atoms with van der Waals surface area (Å²) in [5.41, 5.74) is 3.98. The number of nitrogens with one attached hydrogen (secondary N) is 1. The van der Waals surface area contributed by atoms with Crippen molar-refractivity contribution in [3.63, 3.8) is 0 Å². The molecule has 0 aliphatic heterocycles. The number of amides is 1. The second-order valence-corrected chi connectivity index (χ2v) is 10.7. The number of hydrogen-bond acceptors (Lipinski definition) is 8. The van der Waals surface area contributed by atoms with Gasteiger partial charge in [-0.2, -0.15) is 0 Å². The van der Waals surface area contributed by atoms with Crippen molar-refractivity contribution in [1.29, 1.82) is 0 Å². The molecular formula is C30H34N6O5. The van der Waals surface area contributed by atoms with Gasteiger partial charge in [-0.3, -0.25) is 23.9 Å². The van der Waals surface area contributed by atoms with Gasteiger partial charge in [-0.1, -0.05) is 11.2 Å². The van der Waals surface area contributed by atoms with Crippen LogP contribution < -0.4 is 15.7 Å². The summed E-state index contributed by atoms with van der Waals surface area (Å²) in [6.07, 6.45) is 3.33. The molecule has 0 radical (unpaired) electrons. The van der Waals surface area contributed by atoms with E-state index in [9.17, 15) is 9.59 Å². The molecule has 1 aromatic carbocycles. The van der Waals surface area contributed by atoms with Gasteiger partial charge in [-0.25, -0.2) is 4.79 Å². The number of carbonyl (C=O) groups is 1. The highest BCUT2D eigenvalue weighted by Crippen LogP contribution is 2.39. The van der Waals surface area contributed by atoms with Crippen LogP contribution in [-0.2, 0) is 16.1 Å². The third kappa shape index (κ3) is 5.08. The van der Waals surface area contributed by atoms with Crippen LogP contribution in [0.15, 0.2) is 52.0 Å². The van der Waals surface area contributed by atoms with Crippen molar-refractivity contribution in [3.05, 3.63) is 70.4 Å². The smallest absolute Gasteiger partial charge is 0.330 e. The lowest BCUT2D eigenvalue weighted by atomic mass is 10.00. The first-order valence-electron chi connectivity index (χ1n) is 13.3. The van der Waals surface area contributed by atoms with Crippen LogP contribution in [0.5, 0.6) is 5.75 Å². The predicted molar refractivity (Wildman–Crippen MR) is 155 cm³/mol. The number of methoxy groups -OCH3 is 2. The lowest BCUT2D eigenvalue weighted by Crippen LogP contribution is -2.42. The molecule has 214 valence electrons. The van der Waals surface area contributed by atoms with Gasteiger partial charge in [0.05, 0.1) is 58.5 Å². The van der Waals surface area contributed by atoms with Crippen LogP contribution in [0.3, 0.4) is 0 Å². The Balaban J connectivity index is 1.73. The van der Waals surface area contributed by atoms with Crippen molar-refractivity contribution in [2.45, 2.75) is 52.8 Å². The zero-order valence-electron chi connectivity index (χ0n) is 24.3. The molecule has 0 aliphatic rings. The minimum absolute atomic E-state index is 0.182. The van der Waals surface area contributed by atoms with Gasteiger partial charge in [0.25, 0.3) is 0 Å². The van der Waals surface area contributed by atoms with Crippen LogP contribution in [0.2, 0.25) is 0 Å². The number of imidazole rings is 1. The number of benzene rings is 1. The molecule has 5 aromatic rings. The van der Waals surface area contributed by atoms with Crippen LogP contribution in [0.4, 0.5) is 0 Å². The Morgan fingerprint density at radius 3 is 2.59 bits per heavy atom. The van der Waals surface area contributed by atoms with E-state index in [2.05, 4.69) is 15.5 Å². The third-order valence-corrected chi connectivity index (χ3v) is 7.48. The molecule has 0 fully saturated rings. The number of rotatable bonds is 9. The van der Waals surface area contributed by atoms with Crippen molar-refractivity contribution in [2.24, 2.45) is 0 Å². The molecule has 4 heterocycles. The highest BCUT2D eigenvalue weighted by Gasteiger charge is 2.26. The predicted octanol–water partition coefficient (Wildman–Crippen LogP) is 4.18. The largest absolute Gasteiger partial charge is 0.496 e. The summed E-state index contributed by atoms with van der Waals surface area (Å²) in [7, 11) is 3.18. The number of pyridine rings is 2. The van der Waals surface area contributed by atoms with E-state index in [0.717, 1.165) is 16.8 Å². The molecular weight excluding hydrogens is 524 g/mol. The van der Waals surface area contributed by atoms with E-state index < -0.39 is 11.6 Å². The van der Waals surface area contributed by atoms with Crippen LogP contribution in [0, 0.1) is 13.8 Å². The summed E-state index contributed by atoms with van der Waals surface area (Å²) in [4.78, 5) is 36.3. The second-order valence-electron chi connectivity index (χ2n) is 10.7. The van der Waals surface area contributed by atoms with E-state index in [-0.39, 0.29) is 18.1 Å². The Labute approximate surface area is 237 Å². The summed E-state index contributed by atoms with van der Waals surface area (Å²) >= 11 is 0. The molecule has 5 rings (SSSR count). The molecule has 0 bridgehead atoms. The fourth-order valence-electron chi connectivity index (χ4n) is 5.06. The third-order valence-electron chi connectivity index (χ3n) is 7.48. The summed E-state index contributed by atoms with van der Waals surface area (Å²) in [5, 5.41) is 7.67. The quantitative estimate of drug-likeness (QED) is 0.286. The molecule has 1 N–H and O–H groups in total. The standard InChI is InChI=1S/C30H34N6O5/c1-17-27(19(3)41-34-17)21-12-23-20(13-25(21)39-6)28-24(14-32-23)35(15-26(37)33-16-30(4,5)40-7)29(38)36(28)18(2)22-10-8-9-11-31-22/h8-14,18H,15-16H2,1-7H3,(H,33,37)/t18-/m1/s1. The van der Waals surface area contributed by atoms with Gasteiger partial charge in [0.15, 0.2) is 0 Å². The van der Waals surface area contributed by atoms with Crippen LogP contribution in [-0.4, -0.2) is 56.5 Å². The Kier molecular flexibility index (Phi) is 7.39. The van der Waals surface area contributed by atoms with Gasteiger partial charge in [0.2, 0.25) is 5.91 Å². The van der Waals surface area contributed by atoms with Crippen molar-refractivity contribution in [1.82, 2.24) is 29.6 Å². The van der Waals surface area contributed by atoms with Crippen LogP contribution in [0.25, 0.3) is 33.1 Å². The number of fused-ring (bicyclic) bond motifs is 3. The van der Waals surface area contributed by atoms with E-state index in [1.54, 1.807) is 31.2 Å². The van der Waals surface area contributed by atoms with Gasteiger partial charge in [-0.15, -0.1) is 0 Å². The minimum Gasteiger partial charge on any atom is -0.496 e. The molecule has 0 saturated heterocycles. The second kappa shape index (κ2) is 10.8. The van der Waals surface area contributed by atoms with Crippen molar-refractivity contribution < 1.29 is 18.8 Å². The lowest BCUT2D eigenvalue weighted by molar-refractivity contribution is -0.122. The first-order valence-corrected chi connectivity index (χ1v) is 13.3. The minimum atomic E-state index is -0.546. The molecule has 1 amide bonds. The molecule has 4 aromatic heterocycles. The van der Waals surface area contributed by atoms with E-state index >= 15 is 0 Å². The van der Waals surface area contributed by atoms with E-state index in [1.165, 1.54) is 4.57 Å². The molecule has 0 spiro atoms. The number of ether oxygens (including phenoxy) is 2. The maximum atomic E-state index is 14.1. The van der Waals surface area contributed by atoms with Gasteiger partial charge in [0, 0.05) is 30.8 Å². The monoisotopic (exact) mass is 558 g/mol. The summed E-state index contributed by atoms with van der Waals surface area (Å²) < 4.78 is 19.8. The zero-order chi connectivity index (χ0) is 29.5. The molecule has 11 nitrogen and oxygen atoms in total. The molecule has 11 heteroatoms. The molecule has 0 unspecified atom stereocenters. The van der Waals surface area contributed by atoms with Crippen molar-refractivity contribution in [2.75, 3.05) is 20.8 Å². The summed E-state index contributed by atoms with van der Waals surface area (Å²) in [6, 6.07) is 8.94. The Morgan fingerprint density at radius 2 is 1.95 bits per heavy atom. The van der Waals surface area contributed by atoms with Crippen LogP contribution >= 0.6 is 0 Å². The zero-order valence-corrected chi connectivity index (χ0v) is 24.3.